The molecule has 4 heteroatoms. The van der Waals surface area contributed by atoms with Crippen molar-refractivity contribution in [3.63, 3.8) is 0 Å². The van der Waals surface area contributed by atoms with Crippen LogP contribution >= 0.6 is 11.6 Å². The van der Waals surface area contributed by atoms with E-state index in [4.69, 9.17) is 16.3 Å². The molecule has 0 spiro atoms. The highest BCUT2D eigenvalue weighted by Crippen LogP contribution is 2.29. The van der Waals surface area contributed by atoms with Gasteiger partial charge < -0.3 is 10.1 Å². The van der Waals surface area contributed by atoms with Gasteiger partial charge in [-0.3, -0.25) is 0 Å². The molecule has 0 radical (unpaired) electrons. The van der Waals surface area contributed by atoms with Crippen LogP contribution in [-0.2, 0) is 0 Å². The molecule has 2 aromatic rings. The smallest absolute Gasteiger partial charge is 0.166 e. The Morgan fingerprint density at radius 2 is 2.00 bits per heavy atom. The third-order valence-corrected chi connectivity index (χ3v) is 3.75. The van der Waals surface area contributed by atoms with Gasteiger partial charge in [0.05, 0.1) is 0 Å². The van der Waals surface area contributed by atoms with E-state index in [1.54, 1.807) is 24.3 Å². The Labute approximate surface area is 129 Å². The molecule has 0 heterocycles. The van der Waals surface area contributed by atoms with Gasteiger partial charge in [0.15, 0.2) is 11.6 Å². The zero-order chi connectivity index (χ0) is 15.4. The molecule has 2 rings (SSSR count). The van der Waals surface area contributed by atoms with Gasteiger partial charge in [-0.2, -0.15) is 0 Å². The van der Waals surface area contributed by atoms with Crippen LogP contribution in [0, 0.1) is 12.7 Å². The minimum Gasteiger partial charge on any atom is -0.454 e. The van der Waals surface area contributed by atoms with Crippen molar-refractivity contribution in [2.75, 3.05) is 6.54 Å². The van der Waals surface area contributed by atoms with Crippen LogP contribution in [0.15, 0.2) is 36.4 Å². The topological polar surface area (TPSA) is 21.3 Å². The van der Waals surface area contributed by atoms with Crippen molar-refractivity contribution in [3.8, 4) is 11.5 Å². The summed E-state index contributed by atoms with van der Waals surface area (Å²) in [7, 11) is 0. The van der Waals surface area contributed by atoms with Crippen molar-refractivity contribution in [2.45, 2.75) is 26.8 Å². The number of hydrogen-bond donors (Lipinski definition) is 1. The molecule has 0 fully saturated rings. The van der Waals surface area contributed by atoms with Crippen LogP contribution in [0.4, 0.5) is 4.39 Å². The minimum absolute atomic E-state index is 0.108. The molecule has 2 aromatic carbocycles. The molecule has 112 valence electrons. The standard InChI is InChI=1S/C17H19ClFNO/c1-4-20-12(3)13-5-8-17(16(19)10-13)21-14-6-7-15(18)11(2)9-14/h5-10,12,20H,4H2,1-3H3. The lowest BCUT2D eigenvalue weighted by atomic mass is 10.1. The highest BCUT2D eigenvalue weighted by molar-refractivity contribution is 6.31. The molecule has 1 N–H and O–H groups in total. The van der Waals surface area contributed by atoms with E-state index in [2.05, 4.69) is 5.32 Å². The summed E-state index contributed by atoms with van der Waals surface area (Å²) in [6.07, 6.45) is 0. The fourth-order valence-corrected chi connectivity index (χ4v) is 2.22. The summed E-state index contributed by atoms with van der Waals surface area (Å²) in [5.41, 5.74) is 1.79. The summed E-state index contributed by atoms with van der Waals surface area (Å²) in [6.45, 7) is 6.74. The summed E-state index contributed by atoms with van der Waals surface area (Å²) in [6, 6.07) is 10.4. The number of nitrogens with one attached hydrogen (secondary N) is 1. The van der Waals surface area contributed by atoms with Crippen LogP contribution in [0.2, 0.25) is 5.02 Å². The van der Waals surface area contributed by atoms with Crippen LogP contribution in [0.1, 0.15) is 31.0 Å². The van der Waals surface area contributed by atoms with Crippen molar-refractivity contribution in [1.29, 1.82) is 0 Å². The van der Waals surface area contributed by atoms with E-state index in [-0.39, 0.29) is 17.6 Å². The number of ether oxygens (including phenoxy) is 1. The van der Waals surface area contributed by atoms with Crippen LogP contribution in [0.5, 0.6) is 11.5 Å². The van der Waals surface area contributed by atoms with Crippen LogP contribution in [0.25, 0.3) is 0 Å². The lowest BCUT2D eigenvalue weighted by Crippen LogP contribution is -2.17. The fraction of sp³-hybridized carbons (Fsp3) is 0.294. The van der Waals surface area contributed by atoms with Crippen molar-refractivity contribution < 1.29 is 9.13 Å². The van der Waals surface area contributed by atoms with Gasteiger partial charge in [0.2, 0.25) is 0 Å². The van der Waals surface area contributed by atoms with Gasteiger partial charge in [-0.1, -0.05) is 24.6 Å². The molecular weight excluding hydrogens is 289 g/mol. The zero-order valence-electron chi connectivity index (χ0n) is 12.4. The maximum atomic E-state index is 14.1. The molecule has 0 aliphatic rings. The van der Waals surface area contributed by atoms with E-state index in [9.17, 15) is 4.39 Å². The second-order valence-electron chi connectivity index (χ2n) is 4.98. The van der Waals surface area contributed by atoms with Gasteiger partial charge >= 0.3 is 0 Å². The summed E-state index contributed by atoms with van der Waals surface area (Å²) in [5.74, 6) is 0.414. The Balaban J connectivity index is 2.19. The fourth-order valence-electron chi connectivity index (χ4n) is 2.10. The predicted octanol–water partition coefficient (Wildman–Crippen LogP) is 5.25. The Morgan fingerprint density at radius 3 is 2.62 bits per heavy atom. The maximum absolute atomic E-state index is 14.1. The Bertz CT molecular complexity index is 630. The van der Waals surface area contributed by atoms with Crippen LogP contribution in [-0.4, -0.2) is 6.54 Å². The number of halogens is 2. The molecule has 0 aliphatic carbocycles. The van der Waals surface area contributed by atoms with Crippen molar-refractivity contribution in [2.24, 2.45) is 0 Å². The average molecular weight is 308 g/mol. The van der Waals surface area contributed by atoms with E-state index >= 15 is 0 Å². The van der Waals surface area contributed by atoms with Gasteiger partial charge in [-0.25, -0.2) is 4.39 Å². The molecule has 0 aromatic heterocycles. The van der Waals surface area contributed by atoms with E-state index in [0.717, 1.165) is 17.7 Å². The number of benzene rings is 2. The first-order valence-electron chi connectivity index (χ1n) is 6.98. The van der Waals surface area contributed by atoms with E-state index < -0.39 is 0 Å². The van der Waals surface area contributed by atoms with Crippen molar-refractivity contribution in [3.05, 3.63) is 58.4 Å². The Kier molecular flexibility index (Phi) is 5.21. The van der Waals surface area contributed by atoms with Gasteiger partial charge in [-0.15, -0.1) is 0 Å². The predicted molar refractivity (Wildman–Crippen MR) is 84.8 cm³/mol. The van der Waals surface area contributed by atoms with Gasteiger partial charge in [-0.05, 0) is 61.9 Å². The molecular formula is C17H19ClFNO. The third-order valence-electron chi connectivity index (χ3n) is 3.32. The first-order chi connectivity index (χ1) is 10.0. The first kappa shape index (κ1) is 15.8. The number of rotatable bonds is 5. The van der Waals surface area contributed by atoms with E-state index in [1.165, 1.54) is 6.07 Å². The van der Waals surface area contributed by atoms with Crippen molar-refractivity contribution in [1.82, 2.24) is 5.32 Å². The zero-order valence-corrected chi connectivity index (χ0v) is 13.2. The second-order valence-corrected chi connectivity index (χ2v) is 5.39. The lowest BCUT2D eigenvalue weighted by Gasteiger charge is -2.14. The lowest BCUT2D eigenvalue weighted by molar-refractivity contribution is 0.440. The summed E-state index contributed by atoms with van der Waals surface area (Å²) in [4.78, 5) is 0. The second kappa shape index (κ2) is 6.92. The molecule has 0 bridgehead atoms. The van der Waals surface area contributed by atoms with E-state index in [1.807, 2.05) is 26.8 Å². The van der Waals surface area contributed by atoms with Crippen LogP contribution in [0.3, 0.4) is 0 Å². The normalized spacial score (nSPS) is 12.2. The van der Waals surface area contributed by atoms with Crippen LogP contribution < -0.4 is 10.1 Å². The summed E-state index contributed by atoms with van der Waals surface area (Å²) in [5, 5.41) is 3.91. The highest BCUT2D eigenvalue weighted by atomic mass is 35.5. The molecule has 1 atom stereocenters. The summed E-state index contributed by atoms with van der Waals surface area (Å²) >= 11 is 5.96. The first-order valence-corrected chi connectivity index (χ1v) is 7.36. The number of aryl methyl sites for hydroxylation is 1. The monoisotopic (exact) mass is 307 g/mol. The van der Waals surface area contributed by atoms with E-state index in [0.29, 0.717) is 10.8 Å². The molecule has 2 nitrogen and oxygen atoms in total. The summed E-state index contributed by atoms with van der Waals surface area (Å²) < 4.78 is 19.7. The molecule has 0 aliphatic heterocycles. The Hall–Kier alpha value is -1.58. The minimum atomic E-state index is -0.371. The quantitative estimate of drug-likeness (QED) is 0.814. The van der Waals surface area contributed by atoms with Gasteiger partial charge in [0, 0.05) is 11.1 Å². The van der Waals surface area contributed by atoms with Gasteiger partial charge in [0.25, 0.3) is 0 Å². The third kappa shape index (κ3) is 3.96. The molecule has 0 amide bonds. The van der Waals surface area contributed by atoms with Gasteiger partial charge in [0.1, 0.15) is 5.75 Å². The maximum Gasteiger partial charge on any atom is 0.166 e. The molecule has 0 saturated heterocycles. The van der Waals surface area contributed by atoms with Crippen molar-refractivity contribution >= 4 is 11.6 Å². The number of hydrogen-bond acceptors (Lipinski definition) is 2. The molecule has 1 unspecified atom stereocenters. The average Bonchev–Trinajstić information content (AvgIpc) is 2.45. The SMILES string of the molecule is CCNC(C)c1ccc(Oc2ccc(Cl)c(C)c2)c(F)c1. The Morgan fingerprint density at radius 1 is 1.24 bits per heavy atom. The molecule has 21 heavy (non-hydrogen) atoms. The molecule has 0 saturated carbocycles. The highest BCUT2D eigenvalue weighted by Gasteiger charge is 2.10. The largest absolute Gasteiger partial charge is 0.454 e.